The van der Waals surface area contributed by atoms with E-state index in [0.717, 1.165) is 51.6 Å². The van der Waals surface area contributed by atoms with Gasteiger partial charge in [-0.25, -0.2) is 0 Å². The van der Waals surface area contributed by atoms with Gasteiger partial charge in [0.1, 0.15) is 11.2 Å². The Hall–Kier alpha value is -8.28. The summed E-state index contributed by atoms with van der Waals surface area (Å²) in [6.45, 7) is 30.5. The smallest absolute Gasteiger partial charge is 0.252 e. The van der Waals surface area contributed by atoms with Crippen LogP contribution in [0.1, 0.15) is 120 Å². The lowest BCUT2D eigenvalue weighted by molar-refractivity contribution is 0.590. The number of para-hydroxylation sites is 3. The molecule has 81 heavy (non-hydrogen) atoms. The molecule has 2 aliphatic heterocycles. The summed E-state index contributed by atoms with van der Waals surface area (Å²) in [6, 6.07) is 60.6. The molecule has 0 fully saturated rings. The van der Waals surface area contributed by atoms with Crippen molar-refractivity contribution in [3.8, 4) is 16.8 Å². The molecule has 0 N–H and O–H groups in total. The highest BCUT2D eigenvalue weighted by Crippen LogP contribution is 2.51. The van der Waals surface area contributed by atoms with Gasteiger partial charge in [0.2, 0.25) is 0 Å². The van der Waals surface area contributed by atoms with E-state index in [1.165, 1.54) is 122 Å². The minimum Gasteiger partial charge on any atom is -0.455 e. The van der Waals surface area contributed by atoms with Gasteiger partial charge >= 0.3 is 0 Å². The zero-order valence-corrected chi connectivity index (χ0v) is 49.5. The predicted molar refractivity (Wildman–Crippen MR) is 349 cm³/mol. The second kappa shape index (κ2) is 18.1. The number of allylic oxidation sites excluding steroid dienone is 4. The predicted octanol–water partition coefficient (Wildman–Crippen LogP) is 19.3. The fraction of sp³-hybridized carbons (Fsp3) is 0.237. The van der Waals surface area contributed by atoms with Gasteiger partial charge < -0.3 is 18.8 Å². The minimum absolute atomic E-state index is 0.0323. The Kier molecular flexibility index (Phi) is 11.4. The Morgan fingerprint density at radius 3 is 1.65 bits per heavy atom. The van der Waals surface area contributed by atoms with E-state index in [1.807, 2.05) is 0 Å². The number of nitrogens with zero attached hydrogens (tertiary/aromatic N) is 3. The summed E-state index contributed by atoms with van der Waals surface area (Å²) in [7, 11) is 0. The van der Waals surface area contributed by atoms with Crippen molar-refractivity contribution < 1.29 is 4.42 Å². The highest BCUT2D eigenvalue weighted by molar-refractivity contribution is 7.00. The summed E-state index contributed by atoms with van der Waals surface area (Å²) >= 11 is 0. The molecule has 4 heterocycles. The number of hydrogen-bond donors (Lipinski definition) is 0. The van der Waals surface area contributed by atoms with Crippen LogP contribution in [0, 0.1) is 27.7 Å². The highest BCUT2D eigenvalue weighted by Gasteiger charge is 2.46. The van der Waals surface area contributed by atoms with E-state index in [9.17, 15) is 0 Å². The van der Waals surface area contributed by atoms with E-state index < -0.39 is 0 Å². The van der Waals surface area contributed by atoms with Gasteiger partial charge in [-0.15, -0.1) is 0 Å². The van der Waals surface area contributed by atoms with Gasteiger partial charge in [0.05, 0.1) is 22.4 Å². The third-order valence-electron chi connectivity index (χ3n) is 18.0. The molecule has 0 spiro atoms. The number of anilines is 6. The topological polar surface area (TPSA) is 24.6 Å². The average molecular weight is 1050 g/mol. The maximum atomic E-state index is 6.69. The van der Waals surface area contributed by atoms with Gasteiger partial charge in [-0.2, -0.15) is 0 Å². The van der Waals surface area contributed by atoms with Crippen molar-refractivity contribution in [3.63, 3.8) is 0 Å². The van der Waals surface area contributed by atoms with Crippen LogP contribution in [0.5, 0.6) is 0 Å². The first-order valence-electron chi connectivity index (χ1n) is 29.3. The summed E-state index contributed by atoms with van der Waals surface area (Å²) in [6.07, 6.45) is 9.21. The normalized spacial score (nSPS) is 14.3. The van der Waals surface area contributed by atoms with E-state index in [0.29, 0.717) is 0 Å². The second-order valence-corrected chi connectivity index (χ2v) is 26.7. The van der Waals surface area contributed by atoms with Crippen LogP contribution in [0.4, 0.5) is 34.1 Å². The molecule has 0 radical (unpaired) electrons. The second-order valence-electron chi connectivity index (χ2n) is 26.7. The number of furan rings is 1. The van der Waals surface area contributed by atoms with E-state index in [-0.39, 0.29) is 23.0 Å². The summed E-state index contributed by atoms with van der Waals surface area (Å²) in [5, 5.41) is 4.83. The van der Waals surface area contributed by atoms with E-state index in [1.54, 1.807) is 0 Å². The summed E-state index contributed by atoms with van der Waals surface area (Å²) < 4.78 is 9.21. The van der Waals surface area contributed by atoms with Crippen LogP contribution in [0.25, 0.3) is 66.1 Å². The molecular formula is C76H72BN3O. The molecule has 9 aromatic carbocycles. The van der Waals surface area contributed by atoms with Gasteiger partial charge in [0.25, 0.3) is 6.71 Å². The molecule has 3 aliphatic rings. The van der Waals surface area contributed by atoms with Crippen LogP contribution in [-0.4, -0.2) is 11.3 Å². The first-order valence-corrected chi connectivity index (χ1v) is 29.3. The van der Waals surface area contributed by atoms with E-state index in [4.69, 9.17) is 4.42 Å². The monoisotopic (exact) mass is 1050 g/mol. The standard InChI is InChI=1S/C76H72BN3O/c1-45-35-50(49-23-16-14-17-24-49)36-46(2)71(45)80-66-44-64-60(59-39-52(74(5,6)7)32-34-63(59)78(64)55-25-18-15-19-26-55)43-62(66)77-61-33-31-53(75(8,9)10)40-65(61)79(67-41-54(76(11,12)13)42-68(80)70(67)77)72-47(3)37-51(38-48(72)4)56-28-22-29-58-57-27-20-21-30-69(57)81-73(56)58/h15-16,18-44H,14,17H2,1-13H3. The molecule has 0 atom stereocenters. The number of hydrogen-bond acceptors (Lipinski definition) is 3. The molecule has 11 aromatic rings. The first kappa shape index (κ1) is 50.9. The van der Waals surface area contributed by atoms with Crippen molar-refractivity contribution in [3.05, 3.63) is 220 Å². The van der Waals surface area contributed by atoms with Crippen molar-refractivity contribution in [2.75, 3.05) is 9.80 Å². The van der Waals surface area contributed by atoms with Gasteiger partial charge in [-0.1, -0.05) is 159 Å². The van der Waals surface area contributed by atoms with Crippen LogP contribution in [-0.2, 0) is 16.2 Å². The number of fused-ring (bicyclic) bond motifs is 10. The van der Waals surface area contributed by atoms with Crippen LogP contribution >= 0.6 is 0 Å². The highest BCUT2D eigenvalue weighted by atomic mass is 16.3. The summed E-state index contributed by atoms with van der Waals surface area (Å²) in [4.78, 5) is 5.37. The maximum absolute atomic E-state index is 6.69. The van der Waals surface area contributed by atoms with Crippen molar-refractivity contribution in [2.45, 2.75) is 119 Å². The largest absolute Gasteiger partial charge is 0.455 e. The van der Waals surface area contributed by atoms with Crippen LogP contribution in [0.2, 0.25) is 0 Å². The van der Waals surface area contributed by atoms with E-state index in [2.05, 4.69) is 280 Å². The fourth-order valence-corrected chi connectivity index (χ4v) is 13.9. The zero-order chi connectivity index (χ0) is 56.2. The molecule has 0 bridgehead atoms. The fourth-order valence-electron chi connectivity index (χ4n) is 13.9. The summed E-state index contributed by atoms with van der Waals surface area (Å²) in [5.74, 6) is 0. The Labute approximate surface area is 479 Å². The molecule has 14 rings (SSSR count). The van der Waals surface area contributed by atoms with Crippen molar-refractivity contribution in [1.82, 2.24) is 4.57 Å². The first-order chi connectivity index (χ1) is 38.7. The SMILES string of the molecule is Cc1cc(-c2cccc3c2oc2ccccc23)cc(C)c1N1c2cc(C(C)(C)C)ccc2B2c3cc4c5cc(C(C)(C)C)ccc5n(-c5ccccc5)c4cc3N(c3c(C)cc(C4=CCCC=C4)cc3C)c3cc(C(C)(C)C)cc1c32. The molecule has 0 unspecified atom stereocenters. The minimum atomic E-state index is -0.187. The van der Waals surface area contributed by atoms with E-state index >= 15 is 0 Å². The lowest BCUT2D eigenvalue weighted by atomic mass is 9.33. The lowest BCUT2D eigenvalue weighted by Crippen LogP contribution is -2.61. The number of benzene rings is 9. The zero-order valence-electron chi connectivity index (χ0n) is 49.5. The average Bonchev–Trinajstić information content (AvgIpc) is 2.43. The van der Waals surface area contributed by atoms with Gasteiger partial charge in [0.15, 0.2) is 0 Å². The van der Waals surface area contributed by atoms with Crippen LogP contribution in [0.15, 0.2) is 180 Å². The number of rotatable bonds is 5. The van der Waals surface area contributed by atoms with Crippen LogP contribution in [0.3, 0.4) is 0 Å². The Morgan fingerprint density at radius 2 is 1.01 bits per heavy atom. The molecule has 4 nitrogen and oxygen atoms in total. The Bertz CT molecular complexity index is 4470. The quantitative estimate of drug-likeness (QED) is 0.161. The van der Waals surface area contributed by atoms with Gasteiger partial charge in [-0.3, -0.25) is 0 Å². The third kappa shape index (κ3) is 8.00. The van der Waals surface area contributed by atoms with Crippen molar-refractivity contribution in [2.24, 2.45) is 0 Å². The molecule has 0 saturated heterocycles. The molecule has 1 aliphatic carbocycles. The molecule has 400 valence electrons. The lowest BCUT2D eigenvalue weighted by Gasteiger charge is -2.46. The molecular weight excluding hydrogens is 982 g/mol. The molecule has 0 amide bonds. The molecule has 5 heteroatoms. The van der Waals surface area contributed by atoms with Crippen molar-refractivity contribution >= 4 is 107 Å². The number of aryl methyl sites for hydroxylation is 4. The van der Waals surface area contributed by atoms with Crippen LogP contribution < -0.4 is 26.2 Å². The Balaban J connectivity index is 1.10. The summed E-state index contributed by atoms with van der Waals surface area (Å²) in [5.41, 5.74) is 30.2. The van der Waals surface area contributed by atoms with Gasteiger partial charge in [0, 0.05) is 55.5 Å². The van der Waals surface area contributed by atoms with Gasteiger partial charge in [-0.05, 0) is 208 Å². The third-order valence-corrected chi connectivity index (χ3v) is 18.0. The Morgan fingerprint density at radius 1 is 0.444 bits per heavy atom. The number of aromatic nitrogens is 1. The molecule has 0 saturated carbocycles. The van der Waals surface area contributed by atoms with Crippen molar-refractivity contribution in [1.29, 1.82) is 0 Å². The maximum Gasteiger partial charge on any atom is 0.252 e. The molecule has 2 aromatic heterocycles.